The Hall–Kier alpha value is -1.59. The lowest BCUT2D eigenvalue weighted by Gasteiger charge is -1.99. The maximum atomic E-state index is 11.4. The third-order valence-electron chi connectivity index (χ3n) is 2.53. The molecular formula is C10H14O6. The van der Waals surface area contributed by atoms with Crippen molar-refractivity contribution >= 4 is 17.9 Å². The van der Waals surface area contributed by atoms with E-state index < -0.39 is 35.7 Å². The van der Waals surface area contributed by atoms with Gasteiger partial charge in [-0.25, -0.2) is 0 Å². The van der Waals surface area contributed by atoms with Gasteiger partial charge >= 0.3 is 17.9 Å². The van der Waals surface area contributed by atoms with Crippen molar-refractivity contribution in [2.24, 2.45) is 17.8 Å². The van der Waals surface area contributed by atoms with E-state index in [1.807, 2.05) is 0 Å². The summed E-state index contributed by atoms with van der Waals surface area (Å²) in [7, 11) is 2.41. The quantitative estimate of drug-likeness (QED) is 0.490. The predicted molar refractivity (Wildman–Crippen MR) is 51.1 cm³/mol. The molecule has 6 nitrogen and oxygen atoms in total. The van der Waals surface area contributed by atoms with Crippen LogP contribution < -0.4 is 0 Å². The molecule has 1 saturated carbocycles. The summed E-state index contributed by atoms with van der Waals surface area (Å²) in [4.78, 5) is 34.0. The first kappa shape index (κ1) is 12.5. The van der Waals surface area contributed by atoms with Crippen LogP contribution in [0.15, 0.2) is 0 Å². The van der Waals surface area contributed by atoms with Crippen LogP contribution in [-0.4, -0.2) is 38.7 Å². The van der Waals surface area contributed by atoms with Crippen molar-refractivity contribution < 1.29 is 28.6 Å². The highest BCUT2D eigenvalue weighted by Crippen LogP contribution is 2.48. The Kier molecular flexibility index (Phi) is 3.87. The Labute approximate surface area is 92.8 Å². The van der Waals surface area contributed by atoms with Gasteiger partial charge < -0.3 is 14.2 Å². The summed E-state index contributed by atoms with van der Waals surface area (Å²) in [6, 6.07) is 0. The molecule has 0 saturated heterocycles. The van der Waals surface area contributed by atoms with E-state index in [9.17, 15) is 14.4 Å². The maximum Gasteiger partial charge on any atom is 0.310 e. The maximum absolute atomic E-state index is 11.4. The topological polar surface area (TPSA) is 78.9 Å². The van der Waals surface area contributed by atoms with Crippen molar-refractivity contribution in [3.05, 3.63) is 0 Å². The van der Waals surface area contributed by atoms with E-state index >= 15 is 0 Å². The highest BCUT2D eigenvalue weighted by Gasteiger charge is 2.65. The third kappa shape index (κ3) is 2.15. The summed E-state index contributed by atoms with van der Waals surface area (Å²) in [6.45, 7) is 1.86. The van der Waals surface area contributed by atoms with Gasteiger partial charge in [0.05, 0.1) is 38.6 Å². The molecule has 0 spiro atoms. The smallest absolute Gasteiger partial charge is 0.310 e. The molecule has 16 heavy (non-hydrogen) atoms. The first-order valence-corrected chi connectivity index (χ1v) is 4.90. The minimum atomic E-state index is -0.767. The number of esters is 3. The van der Waals surface area contributed by atoms with Crippen molar-refractivity contribution in [2.75, 3.05) is 20.8 Å². The fraction of sp³-hybridized carbons (Fsp3) is 0.700. The third-order valence-corrected chi connectivity index (χ3v) is 2.53. The van der Waals surface area contributed by atoms with E-state index in [-0.39, 0.29) is 6.61 Å². The fourth-order valence-corrected chi connectivity index (χ4v) is 1.70. The van der Waals surface area contributed by atoms with Gasteiger partial charge in [0.15, 0.2) is 0 Å². The fourth-order valence-electron chi connectivity index (χ4n) is 1.70. The normalized spacial score (nSPS) is 26.8. The molecule has 0 heterocycles. The Morgan fingerprint density at radius 1 is 0.875 bits per heavy atom. The Balaban J connectivity index is 2.72. The number of methoxy groups -OCH3 is 2. The summed E-state index contributed by atoms with van der Waals surface area (Å²) in [5, 5.41) is 0. The average molecular weight is 230 g/mol. The molecular weight excluding hydrogens is 216 g/mol. The standard InChI is InChI=1S/C10H14O6/c1-4-16-10(13)7-5(8(11)14-2)6(7)9(12)15-3/h5-7H,4H2,1-3H3. The lowest BCUT2D eigenvalue weighted by molar-refractivity contribution is -0.150. The number of rotatable bonds is 4. The molecule has 2 unspecified atom stereocenters. The summed E-state index contributed by atoms with van der Waals surface area (Å²) in [5.74, 6) is -4.04. The Morgan fingerprint density at radius 2 is 1.25 bits per heavy atom. The number of carbonyl (C=O) groups excluding carboxylic acids is 3. The zero-order valence-corrected chi connectivity index (χ0v) is 9.39. The molecule has 2 atom stereocenters. The van der Waals surface area contributed by atoms with Gasteiger partial charge in [0.1, 0.15) is 0 Å². The van der Waals surface area contributed by atoms with E-state index in [1.54, 1.807) is 6.92 Å². The molecule has 1 aliphatic rings. The molecule has 0 N–H and O–H groups in total. The predicted octanol–water partition coefficient (Wildman–Crippen LogP) is -0.242. The minimum Gasteiger partial charge on any atom is -0.469 e. The van der Waals surface area contributed by atoms with Crippen molar-refractivity contribution in [1.82, 2.24) is 0 Å². The van der Waals surface area contributed by atoms with E-state index in [2.05, 4.69) is 9.47 Å². The number of hydrogen-bond acceptors (Lipinski definition) is 6. The van der Waals surface area contributed by atoms with Crippen LogP contribution in [0, 0.1) is 17.8 Å². The van der Waals surface area contributed by atoms with Crippen molar-refractivity contribution in [1.29, 1.82) is 0 Å². The minimum absolute atomic E-state index is 0.205. The molecule has 1 aliphatic carbocycles. The molecule has 1 fully saturated rings. The number of ether oxygens (including phenoxy) is 3. The molecule has 90 valence electrons. The average Bonchev–Trinajstić information content (AvgIpc) is 3.02. The molecule has 0 aromatic heterocycles. The summed E-state index contributed by atoms with van der Waals surface area (Å²) < 4.78 is 13.8. The van der Waals surface area contributed by atoms with Gasteiger partial charge in [-0.2, -0.15) is 0 Å². The number of carbonyl (C=O) groups is 3. The van der Waals surface area contributed by atoms with Crippen molar-refractivity contribution in [3.8, 4) is 0 Å². The first-order chi connectivity index (χ1) is 7.58. The highest BCUT2D eigenvalue weighted by atomic mass is 16.5. The van der Waals surface area contributed by atoms with Crippen molar-refractivity contribution in [3.63, 3.8) is 0 Å². The molecule has 0 bridgehead atoms. The zero-order valence-electron chi connectivity index (χ0n) is 9.39. The van der Waals surface area contributed by atoms with E-state index in [0.29, 0.717) is 0 Å². The van der Waals surface area contributed by atoms with Crippen LogP contribution in [0.1, 0.15) is 6.92 Å². The van der Waals surface area contributed by atoms with Gasteiger partial charge in [0, 0.05) is 0 Å². The second kappa shape index (κ2) is 4.96. The van der Waals surface area contributed by atoms with Gasteiger partial charge in [0.25, 0.3) is 0 Å². The van der Waals surface area contributed by atoms with Gasteiger partial charge in [0.2, 0.25) is 0 Å². The molecule has 6 heteroatoms. The monoisotopic (exact) mass is 230 g/mol. The Morgan fingerprint density at radius 3 is 1.56 bits per heavy atom. The van der Waals surface area contributed by atoms with Crippen molar-refractivity contribution in [2.45, 2.75) is 6.92 Å². The molecule has 0 amide bonds. The summed E-state index contributed by atoms with van der Waals surface area (Å²) in [5.41, 5.74) is 0. The largest absolute Gasteiger partial charge is 0.469 e. The molecule has 0 aromatic rings. The van der Waals surface area contributed by atoms with Crippen LogP contribution in [-0.2, 0) is 28.6 Å². The van der Waals surface area contributed by atoms with Crippen LogP contribution in [0.25, 0.3) is 0 Å². The molecule has 1 rings (SSSR count). The van der Waals surface area contributed by atoms with Crippen LogP contribution in [0.3, 0.4) is 0 Å². The van der Waals surface area contributed by atoms with Crippen LogP contribution >= 0.6 is 0 Å². The first-order valence-electron chi connectivity index (χ1n) is 4.90. The molecule has 0 aromatic carbocycles. The van der Waals surface area contributed by atoms with E-state index in [1.165, 1.54) is 14.2 Å². The number of hydrogen-bond donors (Lipinski definition) is 0. The van der Waals surface area contributed by atoms with E-state index in [4.69, 9.17) is 4.74 Å². The second-order valence-corrected chi connectivity index (χ2v) is 3.38. The lowest BCUT2D eigenvalue weighted by Crippen LogP contribution is -2.12. The highest BCUT2D eigenvalue weighted by molar-refractivity contribution is 5.97. The van der Waals surface area contributed by atoms with Gasteiger partial charge in [-0.15, -0.1) is 0 Å². The summed E-state index contributed by atoms with van der Waals surface area (Å²) in [6.07, 6.45) is 0. The van der Waals surface area contributed by atoms with Crippen LogP contribution in [0.5, 0.6) is 0 Å². The Bertz CT molecular complexity index is 288. The molecule has 0 aliphatic heterocycles. The van der Waals surface area contributed by atoms with Gasteiger partial charge in [-0.3, -0.25) is 14.4 Å². The zero-order chi connectivity index (χ0) is 12.3. The van der Waals surface area contributed by atoms with Crippen LogP contribution in [0.4, 0.5) is 0 Å². The van der Waals surface area contributed by atoms with Gasteiger partial charge in [-0.1, -0.05) is 0 Å². The summed E-state index contributed by atoms with van der Waals surface area (Å²) >= 11 is 0. The van der Waals surface area contributed by atoms with E-state index in [0.717, 1.165) is 0 Å². The van der Waals surface area contributed by atoms with Gasteiger partial charge in [-0.05, 0) is 6.92 Å². The molecule has 0 radical (unpaired) electrons. The second-order valence-electron chi connectivity index (χ2n) is 3.38. The SMILES string of the molecule is CCOC(=O)C1C(C(=O)OC)C1C(=O)OC. The lowest BCUT2D eigenvalue weighted by atomic mass is 10.3. The van der Waals surface area contributed by atoms with Crippen LogP contribution in [0.2, 0.25) is 0 Å².